The third-order valence-corrected chi connectivity index (χ3v) is 13.3. The van der Waals surface area contributed by atoms with Crippen LogP contribution in [0, 0.1) is 23.7 Å². The van der Waals surface area contributed by atoms with Crippen molar-refractivity contribution < 1.29 is 43.0 Å². The molecule has 2 aromatic rings. The Hall–Kier alpha value is -4.66. The lowest BCUT2D eigenvalue weighted by Crippen LogP contribution is -2.59. The van der Waals surface area contributed by atoms with Crippen LogP contribution in [0.3, 0.4) is 0 Å². The van der Waals surface area contributed by atoms with Gasteiger partial charge in [-0.15, -0.1) is 0 Å². The van der Waals surface area contributed by atoms with Crippen LogP contribution in [0.15, 0.2) is 60.7 Å². The summed E-state index contributed by atoms with van der Waals surface area (Å²) in [7, 11) is 8.53. The second-order valence-electron chi connectivity index (χ2n) is 19.1. The van der Waals surface area contributed by atoms with Gasteiger partial charge in [-0.05, 0) is 70.0 Å². The van der Waals surface area contributed by atoms with Crippen molar-refractivity contribution in [3.63, 3.8) is 0 Å². The number of likely N-dealkylation sites (tertiary alicyclic amines) is 1. The van der Waals surface area contributed by atoms with Crippen LogP contribution in [0.4, 0.5) is 0 Å². The standard InChI is InChI=1S/C52H81N5O9/c1-14-35(6)47(56(11)52(63)45(33(2)3)54-51(62)46(34(4)5)55(9)10)42(64-12)32-43(59)57-31-23-28-40(57)48(65-13)36(7)50(61)53-37(8)49(39-26-19-16-20-27-39)66-44(60)30-22-21-29-41(58)38-24-17-15-18-25-38/h15-20,24-27,33-37,40,42,45-49H,14,21-23,28-32H2,1-13H3,(H,53,61)(H,54,62)/t35?,36?,37?,40?,42?,45-,46?,47?,48?,49?/m0/s1. The zero-order chi connectivity index (χ0) is 49.2. The fraction of sp³-hybridized carbons (Fsp3) is 0.654. The second-order valence-corrected chi connectivity index (χ2v) is 19.1. The molecule has 1 aliphatic rings. The van der Waals surface area contributed by atoms with Gasteiger partial charge in [-0.25, -0.2) is 0 Å². The summed E-state index contributed by atoms with van der Waals surface area (Å²) in [5.74, 6) is -2.24. The highest BCUT2D eigenvalue weighted by atomic mass is 16.5. The van der Waals surface area contributed by atoms with Crippen molar-refractivity contribution in [1.29, 1.82) is 0 Å². The van der Waals surface area contributed by atoms with E-state index in [-0.39, 0.29) is 60.0 Å². The smallest absolute Gasteiger partial charge is 0.306 e. The summed E-state index contributed by atoms with van der Waals surface area (Å²) in [4.78, 5) is 87.4. The van der Waals surface area contributed by atoms with Gasteiger partial charge in [0, 0.05) is 46.2 Å². The van der Waals surface area contributed by atoms with E-state index in [1.165, 1.54) is 0 Å². The molecule has 0 spiro atoms. The number of esters is 1. The van der Waals surface area contributed by atoms with E-state index in [1.54, 1.807) is 57.0 Å². The van der Waals surface area contributed by atoms with Gasteiger partial charge in [0.15, 0.2) is 5.78 Å². The van der Waals surface area contributed by atoms with Crippen molar-refractivity contribution in [1.82, 2.24) is 25.3 Å². The Morgan fingerprint density at radius 2 is 1.38 bits per heavy atom. The molecule has 66 heavy (non-hydrogen) atoms. The number of benzene rings is 2. The molecule has 9 unspecified atom stereocenters. The van der Waals surface area contributed by atoms with E-state index >= 15 is 0 Å². The molecule has 2 aromatic carbocycles. The van der Waals surface area contributed by atoms with Crippen molar-refractivity contribution in [3.8, 4) is 0 Å². The van der Waals surface area contributed by atoms with Gasteiger partial charge in [0.25, 0.3) is 0 Å². The molecule has 368 valence electrons. The number of ketones is 1. The first-order valence-corrected chi connectivity index (χ1v) is 24.0. The van der Waals surface area contributed by atoms with Crippen LogP contribution in [0.25, 0.3) is 0 Å². The van der Waals surface area contributed by atoms with Gasteiger partial charge in [0.05, 0.1) is 48.7 Å². The minimum absolute atomic E-state index is 0.00408. The molecule has 0 saturated carbocycles. The highest BCUT2D eigenvalue weighted by molar-refractivity contribution is 5.96. The van der Waals surface area contributed by atoms with E-state index < -0.39 is 60.4 Å². The number of nitrogens with one attached hydrogen (secondary N) is 2. The minimum Gasteiger partial charge on any atom is -0.455 e. The van der Waals surface area contributed by atoms with Crippen LogP contribution in [-0.2, 0) is 38.2 Å². The van der Waals surface area contributed by atoms with E-state index in [1.807, 2.05) is 109 Å². The molecule has 14 nitrogen and oxygen atoms in total. The SMILES string of the molecule is CCC(C)C(C(CC(=O)N1CCCC1C(OC)C(C)C(=O)NC(C)C(OC(=O)CCCCC(=O)c1ccccc1)c1ccccc1)OC)N(C)C(=O)[C@@H](NC(=O)C(C(C)C)N(C)C)C(C)C. The van der Waals surface area contributed by atoms with E-state index in [4.69, 9.17) is 14.2 Å². The highest BCUT2D eigenvalue weighted by Crippen LogP contribution is 2.31. The normalized spacial score (nSPS) is 18.1. The fourth-order valence-electron chi connectivity index (χ4n) is 9.47. The quantitative estimate of drug-likeness (QED) is 0.0550. The molecule has 0 aliphatic carbocycles. The number of methoxy groups -OCH3 is 2. The predicted molar refractivity (Wildman–Crippen MR) is 257 cm³/mol. The molecule has 0 radical (unpaired) electrons. The van der Waals surface area contributed by atoms with Crippen molar-refractivity contribution >= 4 is 35.4 Å². The molecule has 1 saturated heterocycles. The van der Waals surface area contributed by atoms with Crippen LogP contribution in [0.5, 0.6) is 0 Å². The Bertz CT molecular complexity index is 1840. The molecule has 10 atom stereocenters. The molecular formula is C52H81N5O9. The second kappa shape index (κ2) is 27.2. The van der Waals surface area contributed by atoms with E-state index in [0.29, 0.717) is 37.8 Å². The van der Waals surface area contributed by atoms with Crippen LogP contribution in [-0.4, -0.2) is 134 Å². The molecule has 4 amide bonds. The van der Waals surface area contributed by atoms with E-state index in [2.05, 4.69) is 10.6 Å². The van der Waals surface area contributed by atoms with Crippen molar-refractivity contribution in [2.24, 2.45) is 23.7 Å². The van der Waals surface area contributed by atoms with Crippen LogP contribution < -0.4 is 10.6 Å². The Kier molecular flexibility index (Phi) is 23.0. The van der Waals surface area contributed by atoms with Gasteiger partial charge in [0.2, 0.25) is 23.6 Å². The molecule has 1 aliphatic heterocycles. The van der Waals surface area contributed by atoms with Crippen molar-refractivity contribution in [2.45, 2.75) is 155 Å². The fourth-order valence-corrected chi connectivity index (χ4v) is 9.47. The number of Topliss-reactive ketones (excluding diaryl/α,β-unsaturated/α-hetero) is 1. The molecule has 1 heterocycles. The lowest BCUT2D eigenvalue weighted by Gasteiger charge is -2.41. The summed E-state index contributed by atoms with van der Waals surface area (Å²) in [6, 6.07) is 15.7. The van der Waals surface area contributed by atoms with Gasteiger partial charge in [-0.3, -0.25) is 33.7 Å². The summed E-state index contributed by atoms with van der Waals surface area (Å²) in [6.07, 6.45) is 1.46. The van der Waals surface area contributed by atoms with Crippen molar-refractivity contribution in [3.05, 3.63) is 71.8 Å². The van der Waals surface area contributed by atoms with Gasteiger partial charge >= 0.3 is 5.97 Å². The lowest BCUT2D eigenvalue weighted by atomic mass is 9.89. The number of nitrogens with zero attached hydrogens (tertiary/aromatic N) is 3. The summed E-state index contributed by atoms with van der Waals surface area (Å²) < 4.78 is 18.1. The first kappa shape index (κ1) is 55.7. The Morgan fingerprint density at radius 1 is 0.773 bits per heavy atom. The average molecular weight is 920 g/mol. The first-order chi connectivity index (χ1) is 31.3. The number of likely N-dealkylation sites (N-methyl/N-ethyl adjacent to an activating group) is 2. The lowest BCUT2D eigenvalue weighted by molar-refractivity contribution is -0.152. The number of carbonyl (C=O) groups excluding carboxylic acids is 6. The first-order valence-electron chi connectivity index (χ1n) is 24.0. The molecule has 14 heteroatoms. The summed E-state index contributed by atoms with van der Waals surface area (Å²) >= 11 is 0. The highest BCUT2D eigenvalue weighted by Gasteiger charge is 2.43. The van der Waals surface area contributed by atoms with Gasteiger partial charge in [-0.1, -0.05) is 116 Å². The average Bonchev–Trinajstić information content (AvgIpc) is 3.78. The molecular weight excluding hydrogens is 839 g/mol. The maximum Gasteiger partial charge on any atom is 0.306 e. The summed E-state index contributed by atoms with van der Waals surface area (Å²) in [5.41, 5.74) is 1.38. The molecule has 0 aromatic heterocycles. The topological polar surface area (TPSA) is 164 Å². The molecule has 3 rings (SSSR count). The van der Waals surface area contributed by atoms with E-state index in [0.717, 1.165) is 18.4 Å². The number of hydrogen-bond donors (Lipinski definition) is 2. The Morgan fingerprint density at radius 3 is 1.92 bits per heavy atom. The third-order valence-electron chi connectivity index (χ3n) is 13.3. The molecule has 1 fully saturated rings. The number of rotatable bonds is 27. The summed E-state index contributed by atoms with van der Waals surface area (Å²) in [6.45, 7) is 15.9. The van der Waals surface area contributed by atoms with Crippen LogP contribution in [0.1, 0.15) is 129 Å². The van der Waals surface area contributed by atoms with Crippen LogP contribution >= 0.6 is 0 Å². The predicted octanol–water partition coefficient (Wildman–Crippen LogP) is 6.87. The summed E-state index contributed by atoms with van der Waals surface area (Å²) in [5, 5.41) is 6.12. The minimum atomic E-state index is -0.785. The van der Waals surface area contributed by atoms with Gasteiger partial charge < -0.3 is 34.6 Å². The number of hydrogen-bond acceptors (Lipinski definition) is 10. The zero-order valence-electron chi connectivity index (χ0n) is 42.1. The molecule has 0 bridgehead atoms. The Labute approximate surface area is 395 Å². The van der Waals surface area contributed by atoms with Gasteiger partial charge in [0.1, 0.15) is 12.1 Å². The van der Waals surface area contributed by atoms with E-state index in [9.17, 15) is 28.8 Å². The maximum absolute atomic E-state index is 14.4. The third kappa shape index (κ3) is 15.4. The van der Waals surface area contributed by atoms with Crippen molar-refractivity contribution in [2.75, 3.05) is 41.9 Å². The number of amides is 4. The number of carbonyl (C=O) groups is 6. The largest absolute Gasteiger partial charge is 0.455 e. The van der Waals surface area contributed by atoms with Gasteiger partial charge in [-0.2, -0.15) is 0 Å². The van der Waals surface area contributed by atoms with Crippen LogP contribution in [0.2, 0.25) is 0 Å². The monoisotopic (exact) mass is 920 g/mol. The zero-order valence-corrected chi connectivity index (χ0v) is 42.1. The maximum atomic E-state index is 14.4. The number of ether oxygens (including phenoxy) is 3. The molecule has 2 N–H and O–H groups in total. The Balaban J connectivity index is 1.72. The number of unbranched alkanes of at least 4 members (excludes halogenated alkanes) is 1.